The normalized spacial score (nSPS) is 16.6. The van der Waals surface area contributed by atoms with Crippen LogP contribution in [-0.2, 0) is 0 Å². The predicted octanol–water partition coefficient (Wildman–Crippen LogP) is 4.31. The Bertz CT molecular complexity index is 425. The van der Waals surface area contributed by atoms with Crippen molar-refractivity contribution in [2.24, 2.45) is 16.6 Å². The van der Waals surface area contributed by atoms with E-state index in [0.29, 0.717) is 5.96 Å². The van der Waals surface area contributed by atoms with Gasteiger partial charge in [-0.2, -0.15) is 0 Å². The number of aliphatic imine (C=N–C) groups is 1. The van der Waals surface area contributed by atoms with Crippen molar-refractivity contribution in [1.82, 2.24) is 0 Å². The van der Waals surface area contributed by atoms with E-state index in [2.05, 4.69) is 29.4 Å². The molecular formula is C16H26IN3. The van der Waals surface area contributed by atoms with Gasteiger partial charge in [-0.3, -0.25) is 4.99 Å². The lowest BCUT2D eigenvalue weighted by Crippen LogP contribution is -2.23. The summed E-state index contributed by atoms with van der Waals surface area (Å²) in [6.07, 6.45) is 8.13. The second kappa shape index (κ2) is 9.21. The van der Waals surface area contributed by atoms with E-state index in [1.807, 2.05) is 12.1 Å². The first kappa shape index (κ1) is 17.3. The van der Waals surface area contributed by atoms with E-state index >= 15 is 0 Å². The Hall–Kier alpha value is -0.780. The summed E-state index contributed by atoms with van der Waals surface area (Å²) in [7, 11) is 0. The number of aryl methyl sites for hydroxylation is 1. The summed E-state index contributed by atoms with van der Waals surface area (Å²) >= 11 is 0. The molecule has 1 aliphatic carbocycles. The monoisotopic (exact) mass is 387 g/mol. The Balaban J connectivity index is 0.00000200. The van der Waals surface area contributed by atoms with E-state index in [9.17, 15) is 0 Å². The van der Waals surface area contributed by atoms with Crippen LogP contribution in [0.15, 0.2) is 29.3 Å². The van der Waals surface area contributed by atoms with E-state index in [1.54, 1.807) is 0 Å². The summed E-state index contributed by atoms with van der Waals surface area (Å²) in [6.45, 7) is 2.91. The summed E-state index contributed by atoms with van der Waals surface area (Å²) in [4.78, 5) is 4.43. The van der Waals surface area contributed by atoms with Crippen LogP contribution in [0.3, 0.4) is 0 Å². The lowest BCUT2D eigenvalue weighted by atomic mass is 9.87. The summed E-state index contributed by atoms with van der Waals surface area (Å²) in [5, 5.41) is 3.15. The standard InChI is InChI=1S/C16H25N3.HI/c1-13-6-5-9-15(12-13)19-16(17)18-11-10-14-7-3-2-4-8-14;/h5-6,9,12,14H,2-4,7-8,10-11H2,1H3,(H3,17,18,19);1H. The van der Waals surface area contributed by atoms with Crippen molar-refractivity contribution >= 4 is 35.6 Å². The van der Waals surface area contributed by atoms with Crippen LogP contribution in [0.4, 0.5) is 5.69 Å². The average molecular weight is 387 g/mol. The minimum atomic E-state index is 0. The number of hydrogen-bond acceptors (Lipinski definition) is 1. The number of guanidine groups is 1. The molecule has 1 aliphatic rings. The molecular weight excluding hydrogens is 361 g/mol. The van der Waals surface area contributed by atoms with Gasteiger partial charge in [-0.05, 0) is 37.0 Å². The van der Waals surface area contributed by atoms with Crippen LogP contribution >= 0.6 is 24.0 Å². The van der Waals surface area contributed by atoms with Crippen LogP contribution in [0.5, 0.6) is 0 Å². The Morgan fingerprint density at radius 3 is 2.75 bits per heavy atom. The molecule has 0 radical (unpaired) electrons. The van der Waals surface area contributed by atoms with Crippen molar-refractivity contribution in [3.8, 4) is 0 Å². The van der Waals surface area contributed by atoms with Gasteiger partial charge in [-0.1, -0.05) is 44.2 Å². The van der Waals surface area contributed by atoms with Gasteiger partial charge in [0.15, 0.2) is 5.96 Å². The number of nitrogens with one attached hydrogen (secondary N) is 1. The van der Waals surface area contributed by atoms with Gasteiger partial charge in [0.1, 0.15) is 0 Å². The fourth-order valence-corrected chi connectivity index (χ4v) is 2.75. The molecule has 0 heterocycles. The van der Waals surface area contributed by atoms with Crippen molar-refractivity contribution < 1.29 is 0 Å². The summed E-state index contributed by atoms with van der Waals surface area (Å²) in [6, 6.07) is 8.18. The molecule has 0 atom stereocenters. The molecule has 0 bridgehead atoms. The van der Waals surface area contributed by atoms with Crippen molar-refractivity contribution in [3.05, 3.63) is 29.8 Å². The maximum Gasteiger partial charge on any atom is 0.193 e. The van der Waals surface area contributed by atoms with E-state index in [4.69, 9.17) is 5.73 Å². The molecule has 4 heteroatoms. The zero-order valence-corrected chi connectivity index (χ0v) is 14.6. The Kier molecular flexibility index (Phi) is 7.95. The first-order chi connectivity index (χ1) is 9.24. The highest BCUT2D eigenvalue weighted by atomic mass is 127. The summed E-state index contributed by atoms with van der Waals surface area (Å²) < 4.78 is 0. The second-order valence-corrected chi connectivity index (χ2v) is 5.55. The molecule has 20 heavy (non-hydrogen) atoms. The predicted molar refractivity (Wildman–Crippen MR) is 97.9 cm³/mol. The highest BCUT2D eigenvalue weighted by Crippen LogP contribution is 2.26. The molecule has 0 spiro atoms. The molecule has 112 valence electrons. The van der Waals surface area contributed by atoms with Gasteiger partial charge in [-0.25, -0.2) is 0 Å². The van der Waals surface area contributed by atoms with Crippen LogP contribution < -0.4 is 11.1 Å². The molecule has 1 saturated carbocycles. The van der Waals surface area contributed by atoms with Gasteiger partial charge >= 0.3 is 0 Å². The molecule has 0 unspecified atom stereocenters. The van der Waals surface area contributed by atoms with Gasteiger partial charge in [0.05, 0.1) is 0 Å². The number of anilines is 1. The highest BCUT2D eigenvalue weighted by molar-refractivity contribution is 14.0. The minimum absolute atomic E-state index is 0. The molecule has 3 N–H and O–H groups in total. The third-order valence-corrected chi connectivity index (χ3v) is 3.83. The van der Waals surface area contributed by atoms with E-state index in [0.717, 1.165) is 18.2 Å². The largest absolute Gasteiger partial charge is 0.370 e. The average Bonchev–Trinajstić information content (AvgIpc) is 2.40. The van der Waals surface area contributed by atoms with E-state index in [1.165, 1.54) is 44.1 Å². The number of rotatable bonds is 4. The zero-order valence-electron chi connectivity index (χ0n) is 12.3. The molecule has 0 saturated heterocycles. The summed E-state index contributed by atoms with van der Waals surface area (Å²) in [5.74, 6) is 1.39. The maximum absolute atomic E-state index is 5.91. The second-order valence-electron chi connectivity index (χ2n) is 5.55. The fourth-order valence-electron chi connectivity index (χ4n) is 2.75. The number of nitrogens with two attached hydrogens (primary N) is 1. The van der Waals surface area contributed by atoms with Crippen LogP contribution in [0.25, 0.3) is 0 Å². The number of halogens is 1. The first-order valence-electron chi connectivity index (χ1n) is 7.37. The maximum atomic E-state index is 5.91. The Morgan fingerprint density at radius 1 is 1.30 bits per heavy atom. The molecule has 1 aromatic carbocycles. The SMILES string of the molecule is Cc1cccc(NC(N)=NCCC2CCCCC2)c1.I. The molecule has 0 amide bonds. The van der Waals surface area contributed by atoms with Gasteiger partial charge < -0.3 is 11.1 Å². The highest BCUT2D eigenvalue weighted by Gasteiger charge is 2.12. The van der Waals surface area contributed by atoms with Crippen LogP contribution in [0.2, 0.25) is 0 Å². The molecule has 2 rings (SSSR count). The van der Waals surface area contributed by atoms with Crippen molar-refractivity contribution in [3.63, 3.8) is 0 Å². The van der Waals surface area contributed by atoms with Gasteiger partial charge in [-0.15, -0.1) is 24.0 Å². The molecule has 0 aliphatic heterocycles. The van der Waals surface area contributed by atoms with E-state index in [-0.39, 0.29) is 24.0 Å². The molecule has 0 aromatic heterocycles. The van der Waals surface area contributed by atoms with Crippen molar-refractivity contribution in [1.29, 1.82) is 0 Å². The third kappa shape index (κ3) is 6.11. The van der Waals surface area contributed by atoms with Gasteiger partial charge in [0, 0.05) is 12.2 Å². The van der Waals surface area contributed by atoms with Crippen molar-refractivity contribution in [2.45, 2.75) is 45.4 Å². The zero-order chi connectivity index (χ0) is 13.5. The smallest absolute Gasteiger partial charge is 0.193 e. The Morgan fingerprint density at radius 2 is 2.05 bits per heavy atom. The number of benzene rings is 1. The first-order valence-corrected chi connectivity index (χ1v) is 7.37. The third-order valence-electron chi connectivity index (χ3n) is 3.83. The molecule has 1 fully saturated rings. The van der Waals surface area contributed by atoms with Crippen molar-refractivity contribution in [2.75, 3.05) is 11.9 Å². The summed E-state index contributed by atoms with van der Waals surface area (Å²) in [5.41, 5.74) is 8.15. The molecule has 3 nitrogen and oxygen atoms in total. The quantitative estimate of drug-likeness (QED) is 0.460. The number of hydrogen-bond donors (Lipinski definition) is 2. The van der Waals surface area contributed by atoms with Gasteiger partial charge in [0.25, 0.3) is 0 Å². The van der Waals surface area contributed by atoms with Crippen LogP contribution in [0.1, 0.15) is 44.1 Å². The lowest BCUT2D eigenvalue weighted by molar-refractivity contribution is 0.343. The number of nitrogens with zero attached hydrogens (tertiary/aromatic N) is 1. The van der Waals surface area contributed by atoms with Gasteiger partial charge in [0.2, 0.25) is 0 Å². The van der Waals surface area contributed by atoms with Crippen LogP contribution in [-0.4, -0.2) is 12.5 Å². The fraction of sp³-hybridized carbons (Fsp3) is 0.562. The Labute approximate surface area is 139 Å². The van der Waals surface area contributed by atoms with E-state index < -0.39 is 0 Å². The topological polar surface area (TPSA) is 50.4 Å². The molecule has 1 aromatic rings. The minimum Gasteiger partial charge on any atom is -0.370 e. The lowest BCUT2D eigenvalue weighted by Gasteiger charge is -2.20. The van der Waals surface area contributed by atoms with Crippen LogP contribution in [0, 0.1) is 12.8 Å².